The van der Waals surface area contributed by atoms with Gasteiger partial charge in [0.05, 0.1) is 0 Å². The predicted octanol–water partition coefficient (Wildman–Crippen LogP) is 2.73. The van der Waals surface area contributed by atoms with Gasteiger partial charge in [-0.2, -0.15) is 0 Å². The second-order valence-corrected chi connectivity index (χ2v) is 7.58. The van der Waals surface area contributed by atoms with Crippen LogP contribution in [0.3, 0.4) is 0 Å². The minimum atomic E-state index is -0.0976. The van der Waals surface area contributed by atoms with Crippen LogP contribution in [0.2, 0.25) is 0 Å². The Kier molecular flexibility index (Phi) is 5.93. The number of anilines is 3. The lowest BCUT2D eigenvalue weighted by Crippen LogP contribution is -2.48. The lowest BCUT2D eigenvalue weighted by molar-refractivity contribution is -0.119. The number of carbonyl (C=O) groups excluding carboxylic acids is 2. The first kappa shape index (κ1) is 19.2. The molecule has 0 bridgehead atoms. The lowest BCUT2D eigenvalue weighted by atomic mass is 10.1. The summed E-state index contributed by atoms with van der Waals surface area (Å²) >= 11 is 0. The molecule has 2 saturated heterocycles. The van der Waals surface area contributed by atoms with Gasteiger partial charge in [-0.3, -0.25) is 14.6 Å². The molecule has 3 heterocycles. The molecule has 1 aromatic heterocycles. The number of carbonyl (C=O) groups is 2. The Hall–Kier alpha value is -3.09. The zero-order valence-corrected chi connectivity index (χ0v) is 16.6. The maximum absolute atomic E-state index is 12.7. The van der Waals surface area contributed by atoms with E-state index in [-0.39, 0.29) is 5.91 Å². The van der Waals surface area contributed by atoms with Crippen molar-refractivity contribution in [2.45, 2.75) is 19.3 Å². The summed E-state index contributed by atoms with van der Waals surface area (Å²) < 4.78 is 0. The number of nitrogens with one attached hydrogen (secondary N) is 1. The molecule has 0 spiro atoms. The summed E-state index contributed by atoms with van der Waals surface area (Å²) in [6.07, 6.45) is 6.34. The van der Waals surface area contributed by atoms with Crippen molar-refractivity contribution >= 4 is 29.4 Å². The van der Waals surface area contributed by atoms with Crippen molar-refractivity contribution < 1.29 is 9.59 Å². The zero-order valence-electron chi connectivity index (χ0n) is 16.6. The van der Waals surface area contributed by atoms with E-state index in [2.05, 4.69) is 39.5 Å². The Morgan fingerprint density at radius 2 is 1.62 bits per heavy atom. The maximum Gasteiger partial charge on any atom is 0.272 e. The van der Waals surface area contributed by atoms with Crippen LogP contribution in [0, 0.1) is 0 Å². The van der Waals surface area contributed by atoms with Crippen LogP contribution < -0.4 is 10.2 Å². The van der Waals surface area contributed by atoms with E-state index in [4.69, 9.17) is 0 Å². The van der Waals surface area contributed by atoms with Gasteiger partial charge in [-0.25, -0.2) is 0 Å². The van der Waals surface area contributed by atoms with E-state index in [0.717, 1.165) is 30.9 Å². The topological polar surface area (TPSA) is 68.8 Å². The SMILES string of the molecule is O=CN1CCN(C(=O)c2cc(Nc3ccc(N4CCCCC4)cc3)ccn2)CC1. The molecule has 0 aliphatic carbocycles. The molecule has 1 aromatic carbocycles. The van der Waals surface area contributed by atoms with Crippen molar-refractivity contribution in [3.8, 4) is 0 Å². The summed E-state index contributed by atoms with van der Waals surface area (Å²) in [5.41, 5.74) is 3.49. The monoisotopic (exact) mass is 393 g/mol. The minimum Gasteiger partial charge on any atom is -0.372 e. The fourth-order valence-corrected chi connectivity index (χ4v) is 3.89. The van der Waals surface area contributed by atoms with Gasteiger partial charge < -0.3 is 20.0 Å². The molecule has 2 aliphatic rings. The third kappa shape index (κ3) is 4.67. The Bertz CT molecular complexity index is 841. The van der Waals surface area contributed by atoms with Gasteiger partial charge in [-0.15, -0.1) is 0 Å². The number of hydrogen-bond donors (Lipinski definition) is 1. The van der Waals surface area contributed by atoms with E-state index >= 15 is 0 Å². The molecular formula is C22H27N5O2. The Balaban J connectivity index is 1.39. The van der Waals surface area contributed by atoms with E-state index in [9.17, 15) is 9.59 Å². The summed E-state index contributed by atoms with van der Waals surface area (Å²) in [7, 11) is 0. The van der Waals surface area contributed by atoms with Crippen LogP contribution in [0.4, 0.5) is 17.1 Å². The number of piperazine rings is 1. The number of piperidine rings is 1. The number of amides is 2. The summed E-state index contributed by atoms with van der Waals surface area (Å²) in [6, 6.07) is 12.1. The number of benzene rings is 1. The largest absolute Gasteiger partial charge is 0.372 e. The highest BCUT2D eigenvalue weighted by Gasteiger charge is 2.22. The number of nitrogens with zero attached hydrogens (tertiary/aromatic N) is 4. The maximum atomic E-state index is 12.7. The molecule has 7 heteroatoms. The molecule has 7 nitrogen and oxygen atoms in total. The van der Waals surface area contributed by atoms with Gasteiger partial charge in [-0.1, -0.05) is 0 Å². The van der Waals surface area contributed by atoms with Crippen molar-refractivity contribution in [2.24, 2.45) is 0 Å². The first-order valence-electron chi connectivity index (χ1n) is 10.3. The Morgan fingerprint density at radius 1 is 0.897 bits per heavy atom. The smallest absolute Gasteiger partial charge is 0.272 e. The van der Waals surface area contributed by atoms with E-state index in [1.54, 1.807) is 22.1 Å². The zero-order chi connectivity index (χ0) is 20.1. The quantitative estimate of drug-likeness (QED) is 0.791. The number of hydrogen-bond acceptors (Lipinski definition) is 5. The van der Waals surface area contributed by atoms with E-state index < -0.39 is 0 Å². The standard InChI is InChI=1S/C22H27N5O2/c28-17-25-12-14-27(15-13-25)22(29)21-16-19(8-9-23-21)24-18-4-6-20(7-5-18)26-10-2-1-3-11-26/h4-9,16-17H,1-3,10-15H2,(H,23,24). The third-order valence-corrected chi connectivity index (χ3v) is 5.61. The summed E-state index contributed by atoms with van der Waals surface area (Å²) in [5, 5.41) is 3.36. The second kappa shape index (κ2) is 8.94. The van der Waals surface area contributed by atoms with Gasteiger partial charge in [0.25, 0.3) is 5.91 Å². The van der Waals surface area contributed by atoms with E-state index in [1.807, 2.05) is 6.07 Å². The van der Waals surface area contributed by atoms with Crippen LogP contribution in [-0.4, -0.2) is 66.4 Å². The number of aromatic nitrogens is 1. The van der Waals surface area contributed by atoms with Crippen molar-refractivity contribution in [3.05, 3.63) is 48.3 Å². The average molecular weight is 393 g/mol. The highest BCUT2D eigenvalue weighted by Crippen LogP contribution is 2.24. The summed E-state index contributed by atoms with van der Waals surface area (Å²) in [6.45, 7) is 4.46. The molecule has 0 saturated carbocycles. The van der Waals surface area contributed by atoms with Crippen LogP contribution in [-0.2, 0) is 4.79 Å². The van der Waals surface area contributed by atoms with Crippen LogP contribution in [0.15, 0.2) is 42.6 Å². The van der Waals surface area contributed by atoms with Gasteiger partial charge in [0, 0.05) is 62.5 Å². The molecule has 2 amide bonds. The van der Waals surface area contributed by atoms with Gasteiger partial charge in [-0.05, 0) is 55.7 Å². The van der Waals surface area contributed by atoms with Crippen LogP contribution in [0.1, 0.15) is 29.8 Å². The average Bonchev–Trinajstić information content (AvgIpc) is 2.80. The van der Waals surface area contributed by atoms with E-state index in [0.29, 0.717) is 31.9 Å². The molecule has 0 unspecified atom stereocenters. The molecule has 0 radical (unpaired) electrons. The second-order valence-electron chi connectivity index (χ2n) is 7.58. The first-order valence-corrected chi connectivity index (χ1v) is 10.3. The fourth-order valence-electron chi connectivity index (χ4n) is 3.89. The predicted molar refractivity (Wildman–Crippen MR) is 114 cm³/mol. The summed E-state index contributed by atoms with van der Waals surface area (Å²) in [5.74, 6) is -0.0976. The third-order valence-electron chi connectivity index (χ3n) is 5.61. The molecule has 29 heavy (non-hydrogen) atoms. The normalized spacial score (nSPS) is 17.2. The fraction of sp³-hybridized carbons (Fsp3) is 0.409. The molecule has 4 rings (SSSR count). The molecular weight excluding hydrogens is 366 g/mol. The first-order chi connectivity index (χ1) is 14.2. The molecule has 1 N–H and O–H groups in total. The molecule has 2 aromatic rings. The van der Waals surface area contributed by atoms with Crippen LogP contribution >= 0.6 is 0 Å². The van der Waals surface area contributed by atoms with Crippen LogP contribution in [0.25, 0.3) is 0 Å². The van der Waals surface area contributed by atoms with Crippen molar-refractivity contribution in [3.63, 3.8) is 0 Å². The van der Waals surface area contributed by atoms with Gasteiger partial charge in [0.15, 0.2) is 0 Å². The number of rotatable bonds is 5. The molecule has 0 atom stereocenters. The minimum absolute atomic E-state index is 0.0976. The number of pyridine rings is 1. The lowest BCUT2D eigenvalue weighted by Gasteiger charge is -2.32. The molecule has 2 aliphatic heterocycles. The molecule has 2 fully saturated rings. The highest BCUT2D eigenvalue weighted by atomic mass is 16.2. The van der Waals surface area contributed by atoms with Gasteiger partial charge in [0.1, 0.15) is 5.69 Å². The summed E-state index contributed by atoms with van der Waals surface area (Å²) in [4.78, 5) is 33.7. The Morgan fingerprint density at radius 3 is 2.31 bits per heavy atom. The Labute approximate surface area is 171 Å². The van der Waals surface area contributed by atoms with Crippen molar-refractivity contribution in [1.29, 1.82) is 0 Å². The van der Waals surface area contributed by atoms with E-state index in [1.165, 1.54) is 24.9 Å². The van der Waals surface area contributed by atoms with Gasteiger partial charge >= 0.3 is 0 Å². The molecule has 152 valence electrons. The highest BCUT2D eigenvalue weighted by molar-refractivity contribution is 5.93. The van der Waals surface area contributed by atoms with Crippen LogP contribution in [0.5, 0.6) is 0 Å². The van der Waals surface area contributed by atoms with Gasteiger partial charge in [0.2, 0.25) is 6.41 Å². The van der Waals surface area contributed by atoms with Crippen molar-refractivity contribution in [2.75, 3.05) is 49.5 Å². The van der Waals surface area contributed by atoms with Crippen molar-refractivity contribution in [1.82, 2.24) is 14.8 Å².